The molecule has 1 fully saturated rings. The number of hydrogen-bond donors (Lipinski definition) is 1. The fourth-order valence-corrected chi connectivity index (χ4v) is 3.26. The van der Waals surface area contributed by atoms with E-state index in [1.165, 1.54) is 6.07 Å². The number of ether oxygens (including phenoxy) is 1. The summed E-state index contributed by atoms with van der Waals surface area (Å²) in [6, 6.07) is 14.5. The molecule has 0 spiro atoms. The van der Waals surface area contributed by atoms with Crippen molar-refractivity contribution in [3.63, 3.8) is 0 Å². The summed E-state index contributed by atoms with van der Waals surface area (Å²) < 4.78 is 19.5. The van der Waals surface area contributed by atoms with Crippen LogP contribution in [0, 0.1) is 5.82 Å². The van der Waals surface area contributed by atoms with Gasteiger partial charge in [-0.25, -0.2) is 4.39 Å². The van der Waals surface area contributed by atoms with Gasteiger partial charge in [-0.15, -0.1) is 0 Å². The largest absolute Gasteiger partial charge is 0.492 e. The minimum atomic E-state index is -0.213. The molecule has 1 aliphatic rings. The van der Waals surface area contributed by atoms with Crippen molar-refractivity contribution in [2.45, 2.75) is 13.3 Å². The average Bonchev–Trinajstić information content (AvgIpc) is 2.70. The smallest absolute Gasteiger partial charge is 0.224 e. The van der Waals surface area contributed by atoms with Gasteiger partial charge >= 0.3 is 0 Å². The Morgan fingerprint density at radius 2 is 1.78 bits per heavy atom. The Morgan fingerprint density at radius 1 is 1.07 bits per heavy atom. The van der Waals surface area contributed by atoms with E-state index >= 15 is 0 Å². The van der Waals surface area contributed by atoms with Gasteiger partial charge in [-0.05, 0) is 31.2 Å². The lowest BCUT2D eigenvalue weighted by molar-refractivity contribution is -0.131. The summed E-state index contributed by atoms with van der Waals surface area (Å²) in [5, 5.41) is 3.28. The molecule has 0 aliphatic carbocycles. The molecule has 144 valence electrons. The van der Waals surface area contributed by atoms with Crippen molar-refractivity contribution in [1.82, 2.24) is 4.90 Å². The lowest BCUT2D eigenvalue weighted by Gasteiger charge is -2.36. The van der Waals surface area contributed by atoms with Gasteiger partial charge in [0.1, 0.15) is 11.6 Å². The van der Waals surface area contributed by atoms with Gasteiger partial charge in [-0.1, -0.05) is 24.3 Å². The highest BCUT2D eigenvalue weighted by atomic mass is 19.1. The Bertz CT molecular complexity index is 761. The molecule has 5 nitrogen and oxygen atoms in total. The molecule has 2 aromatic rings. The van der Waals surface area contributed by atoms with E-state index in [1.54, 1.807) is 12.1 Å². The molecule has 0 atom stereocenters. The number of para-hydroxylation sites is 3. The fourth-order valence-electron chi connectivity index (χ4n) is 3.26. The van der Waals surface area contributed by atoms with Crippen LogP contribution in [0.15, 0.2) is 48.5 Å². The maximum atomic E-state index is 13.9. The molecule has 27 heavy (non-hydrogen) atoms. The van der Waals surface area contributed by atoms with Gasteiger partial charge in [0.25, 0.3) is 0 Å². The van der Waals surface area contributed by atoms with Crippen LogP contribution in [0.25, 0.3) is 0 Å². The SMILES string of the molecule is CCOc1ccccc1NCCC(=O)N1CCN(c2ccccc2F)CC1. The molecule has 2 aromatic carbocycles. The van der Waals surface area contributed by atoms with Crippen LogP contribution in [0.3, 0.4) is 0 Å². The predicted molar refractivity (Wildman–Crippen MR) is 106 cm³/mol. The zero-order valence-electron chi connectivity index (χ0n) is 15.7. The Labute approximate surface area is 159 Å². The quantitative estimate of drug-likeness (QED) is 0.811. The summed E-state index contributed by atoms with van der Waals surface area (Å²) in [6.45, 7) is 5.62. The zero-order chi connectivity index (χ0) is 19.1. The van der Waals surface area contributed by atoms with Gasteiger partial charge in [0, 0.05) is 39.1 Å². The normalized spacial score (nSPS) is 14.1. The van der Waals surface area contributed by atoms with Crippen molar-refractivity contribution in [3.8, 4) is 5.75 Å². The Kier molecular flexibility index (Phi) is 6.52. The summed E-state index contributed by atoms with van der Waals surface area (Å²) in [5.41, 5.74) is 1.51. The van der Waals surface area contributed by atoms with Crippen LogP contribution in [0.2, 0.25) is 0 Å². The van der Waals surface area contributed by atoms with Crippen LogP contribution in [-0.2, 0) is 4.79 Å². The molecule has 1 amide bonds. The first-order chi connectivity index (χ1) is 13.2. The van der Waals surface area contributed by atoms with Gasteiger partial charge in [0.05, 0.1) is 18.0 Å². The minimum absolute atomic E-state index is 0.115. The van der Waals surface area contributed by atoms with Gasteiger partial charge in [-0.3, -0.25) is 4.79 Å². The summed E-state index contributed by atoms with van der Waals surface area (Å²) >= 11 is 0. The number of carbonyl (C=O) groups is 1. The van der Waals surface area contributed by atoms with E-state index in [0.29, 0.717) is 51.4 Å². The molecule has 0 unspecified atom stereocenters. The van der Waals surface area contributed by atoms with Crippen LogP contribution >= 0.6 is 0 Å². The molecular formula is C21H26FN3O2. The van der Waals surface area contributed by atoms with Crippen molar-refractivity contribution in [2.24, 2.45) is 0 Å². The summed E-state index contributed by atoms with van der Waals surface area (Å²) in [7, 11) is 0. The maximum Gasteiger partial charge on any atom is 0.224 e. The van der Waals surface area contributed by atoms with E-state index in [2.05, 4.69) is 5.32 Å². The highest BCUT2D eigenvalue weighted by Crippen LogP contribution is 2.24. The van der Waals surface area contributed by atoms with Crippen LogP contribution < -0.4 is 15.0 Å². The average molecular weight is 371 g/mol. The second-order valence-electron chi connectivity index (χ2n) is 6.43. The number of hydrogen-bond acceptors (Lipinski definition) is 4. The second kappa shape index (κ2) is 9.26. The minimum Gasteiger partial charge on any atom is -0.492 e. The van der Waals surface area contributed by atoms with Crippen molar-refractivity contribution < 1.29 is 13.9 Å². The standard InChI is InChI=1S/C21H26FN3O2/c1-2-27-20-10-6-4-8-18(20)23-12-11-21(26)25-15-13-24(14-16-25)19-9-5-3-7-17(19)22/h3-10,23H,2,11-16H2,1H3. The van der Waals surface area contributed by atoms with Gasteiger partial charge in [0.2, 0.25) is 5.91 Å². The second-order valence-corrected chi connectivity index (χ2v) is 6.43. The molecule has 1 saturated heterocycles. The predicted octanol–water partition coefficient (Wildman–Crippen LogP) is 3.38. The third kappa shape index (κ3) is 4.90. The number of carbonyl (C=O) groups excluding carboxylic acids is 1. The lowest BCUT2D eigenvalue weighted by Crippen LogP contribution is -2.49. The van der Waals surface area contributed by atoms with Crippen molar-refractivity contribution >= 4 is 17.3 Å². The molecule has 0 saturated carbocycles. The summed E-state index contributed by atoms with van der Waals surface area (Å²) in [4.78, 5) is 16.3. The number of benzene rings is 2. The lowest BCUT2D eigenvalue weighted by atomic mass is 10.2. The number of amides is 1. The number of anilines is 2. The Hall–Kier alpha value is -2.76. The topological polar surface area (TPSA) is 44.8 Å². The van der Waals surface area contributed by atoms with Crippen molar-refractivity contribution in [3.05, 3.63) is 54.3 Å². The molecule has 1 aliphatic heterocycles. The van der Waals surface area contributed by atoms with Gasteiger partial charge in [0.15, 0.2) is 0 Å². The molecule has 0 aromatic heterocycles. The van der Waals surface area contributed by atoms with E-state index in [4.69, 9.17) is 4.74 Å². The number of nitrogens with one attached hydrogen (secondary N) is 1. The number of rotatable bonds is 7. The highest BCUT2D eigenvalue weighted by molar-refractivity contribution is 5.77. The number of halogens is 1. The van der Waals surface area contributed by atoms with E-state index < -0.39 is 0 Å². The highest BCUT2D eigenvalue weighted by Gasteiger charge is 2.22. The van der Waals surface area contributed by atoms with Crippen LogP contribution in [0.1, 0.15) is 13.3 Å². The monoisotopic (exact) mass is 371 g/mol. The van der Waals surface area contributed by atoms with Crippen LogP contribution in [0.4, 0.5) is 15.8 Å². The van der Waals surface area contributed by atoms with Crippen molar-refractivity contribution in [1.29, 1.82) is 0 Å². The van der Waals surface area contributed by atoms with E-state index in [0.717, 1.165) is 11.4 Å². The third-order valence-electron chi connectivity index (χ3n) is 4.67. The van der Waals surface area contributed by atoms with Gasteiger partial charge < -0.3 is 19.9 Å². The number of nitrogens with zero attached hydrogens (tertiary/aromatic N) is 2. The first-order valence-electron chi connectivity index (χ1n) is 9.42. The molecule has 3 rings (SSSR count). The molecule has 0 bridgehead atoms. The van der Waals surface area contributed by atoms with Gasteiger partial charge in [-0.2, -0.15) is 0 Å². The third-order valence-corrected chi connectivity index (χ3v) is 4.67. The summed E-state index contributed by atoms with van der Waals surface area (Å²) in [5.74, 6) is 0.699. The van der Waals surface area contributed by atoms with E-state index in [9.17, 15) is 9.18 Å². The fraction of sp³-hybridized carbons (Fsp3) is 0.381. The van der Waals surface area contributed by atoms with Crippen molar-refractivity contribution in [2.75, 3.05) is 49.5 Å². The van der Waals surface area contributed by atoms with Crippen LogP contribution in [-0.4, -0.2) is 50.1 Å². The molecule has 1 heterocycles. The zero-order valence-corrected chi connectivity index (χ0v) is 15.7. The Balaban J connectivity index is 1.46. The summed E-state index contributed by atoms with van der Waals surface area (Å²) in [6.07, 6.45) is 0.417. The van der Waals surface area contributed by atoms with Crippen LogP contribution in [0.5, 0.6) is 5.75 Å². The Morgan fingerprint density at radius 3 is 2.52 bits per heavy atom. The maximum absolute atomic E-state index is 13.9. The molecule has 6 heteroatoms. The molecule has 1 N–H and O–H groups in total. The first-order valence-corrected chi connectivity index (χ1v) is 9.42. The number of piperazine rings is 1. The molecular weight excluding hydrogens is 345 g/mol. The van der Waals surface area contributed by atoms with E-state index in [1.807, 2.05) is 47.1 Å². The van der Waals surface area contributed by atoms with E-state index in [-0.39, 0.29) is 11.7 Å². The first kappa shape index (κ1) is 19.0. The molecule has 0 radical (unpaired) electrons.